The van der Waals surface area contributed by atoms with Crippen molar-refractivity contribution in [2.45, 2.75) is 225 Å². The summed E-state index contributed by atoms with van der Waals surface area (Å²) in [5.41, 5.74) is 0. The van der Waals surface area contributed by atoms with Crippen LogP contribution >= 0.6 is 0 Å². The van der Waals surface area contributed by atoms with Gasteiger partial charge in [0.25, 0.3) is 0 Å². The Kier molecular flexibility index (Phi) is 40.1. The van der Waals surface area contributed by atoms with Crippen molar-refractivity contribution in [2.75, 3.05) is 19.8 Å². The zero-order chi connectivity index (χ0) is 34.1. The first-order chi connectivity index (χ1) is 23.2. The number of esters is 1. The van der Waals surface area contributed by atoms with Crippen molar-refractivity contribution >= 4 is 5.97 Å². The molecule has 0 aromatic carbocycles. The van der Waals surface area contributed by atoms with Crippen LogP contribution in [0.4, 0.5) is 0 Å². The molecule has 0 fully saturated rings. The summed E-state index contributed by atoms with van der Waals surface area (Å²) in [5.74, 6) is -0.199. The Balaban J connectivity index is 3.41. The molecule has 1 atom stereocenters. The molecule has 0 aliphatic heterocycles. The van der Waals surface area contributed by atoms with Crippen LogP contribution in [0.5, 0.6) is 0 Å². The van der Waals surface area contributed by atoms with E-state index in [1.807, 2.05) is 0 Å². The molecule has 1 N–H and O–H groups in total. The number of ether oxygens (including phenoxy) is 2. The maximum absolute atomic E-state index is 12.2. The summed E-state index contributed by atoms with van der Waals surface area (Å²) >= 11 is 0. The van der Waals surface area contributed by atoms with Gasteiger partial charge in [0.1, 0.15) is 6.10 Å². The third kappa shape index (κ3) is 39.2. The zero-order valence-corrected chi connectivity index (χ0v) is 31.8. The molecule has 0 saturated heterocycles. The number of rotatable bonds is 39. The lowest BCUT2D eigenvalue weighted by Gasteiger charge is -2.16. The second kappa shape index (κ2) is 41.0. The van der Waals surface area contributed by atoms with E-state index >= 15 is 0 Å². The van der Waals surface area contributed by atoms with Crippen molar-refractivity contribution in [3.05, 3.63) is 24.3 Å². The van der Waals surface area contributed by atoms with E-state index in [4.69, 9.17) is 9.47 Å². The first-order valence-corrected chi connectivity index (χ1v) is 20.9. The molecule has 0 saturated carbocycles. The summed E-state index contributed by atoms with van der Waals surface area (Å²) in [4.78, 5) is 12.2. The van der Waals surface area contributed by atoms with E-state index in [9.17, 15) is 9.90 Å². The molecule has 0 heterocycles. The van der Waals surface area contributed by atoms with Crippen LogP contribution in [0, 0.1) is 0 Å². The van der Waals surface area contributed by atoms with Crippen LogP contribution in [-0.2, 0) is 14.3 Å². The molecule has 4 nitrogen and oxygen atoms in total. The number of carbonyl (C=O) groups excluding carboxylic acids is 1. The molecular formula is C43H82O4. The molecule has 0 spiro atoms. The maximum atomic E-state index is 12.2. The summed E-state index contributed by atoms with van der Waals surface area (Å²) in [5, 5.41) is 9.59. The summed E-state index contributed by atoms with van der Waals surface area (Å²) in [6.45, 7) is 5.35. The van der Waals surface area contributed by atoms with E-state index in [0.717, 1.165) is 25.7 Å². The predicted octanol–water partition coefficient (Wildman–Crippen LogP) is 13.5. The van der Waals surface area contributed by atoms with Gasteiger partial charge in [-0.05, 0) is 44.9 Å². The molecule has 4 heteroatoms. The van der Waals surface area contributed by atoms with Gasteiger partial charge in [0.2, 0.25) is 0 Å². The fraction of sp³-hybridized carbons (Fsp3) is 0.884. The van der Waals surface area contributed by atoms with Gasteiger partial charge in [0.15, 0.2) is 0 Å². The average molecular weight is 663 g/mol. The lowest BCUT2D eigenvalue weighted by molar-refractivity contribution is -0.154. The minimum absolute atomic E-state index is 0.170. The molecule has 0 bridgehead atoms. The van der Waals surface area contributed by atoms with E-state index in [1.54, 1.807) is 0 Å². The number of aliphatic hydroxyl groups excluding tert-OH is 1. The van der Waals surface area contributed by atoms with Crippen molar-refractivity contribution < 1.29 is 19.4 Å². The van der Waals surface area contributed by atoms with Gasteiger partial charge in [-0.1, -0.05) is 192 Å². The van der Waals surface area contributed by atoms with Gasteiger partial charge in [-0.2, -0.15) is 0 Å². The standard InChI is InChI=1S/C43H82O4/c1-3-5-7-9-11-13-15-17-19-21-22-23-25-27-29-31-33-35-37-39-46-41-42(40-44)47-43(45)38-36-34-32-30-28-26-24-20-18-16-14-12-10-8-6-4-2/h13,15,19,21,42,44H,3-12,14,16-18,20,22-41H2,1-2H3/b15-13-,21-19-. The second-order valence-corrected chi connectivity index (χ2v) is 14.1. The van der Waals surface area contributed by atoms with Crippen LogP contribution < -0.4 is 0 Å². The predicted molar refractivity (Wildman–Crippen MR) is 205 cm³/mol. The fourth-order valence-electron chi connectivity index (χ4n) is 6.12. The minimum atomic E-state index is -0.532. The Morgan fingerprint density at radius 1 is 0.511 bits per heavy atom. The van der Waals surface area contributed by atoms with Crippen LogP contribution in [-0.4, -0.2) is 37.0 Å². The fourth-order valence-corrected chi connectivity index (χ4v) is 6.12. The van der Waals surface area contributed by atoms with Crippen LogP contribution in [0.1, 0.15) is 219 Å². The maximum Gasteiger partial charge on any atom is 0.306 e. The van der Waals surface area contributed by atoms with Gasteiger partial charge in [-0.3, -0.25) is 4.79 Å². The number of hydrogen-bond acceptors (Lipinski definition) is 4. The number of unbranched alkanes of at least 4 members (excludes halogenated alkanes) is 27. The quantitative estimate of drug-likeness (QED) is 0.0404. The SMILES string of the molecule is CCCCCC/C=C\C/C=C\CCCCCCCCCCOCC(CO)OC(=O)CCCCCCCCCCCCCCCCCC. The lowest BCUT2D eigenvalue weighted by atomic mass is 10.0. The van der Waals surface area contributed by atoms with Gasteiger partial charge < -0.3 is 14.6 Å². The Morgan fingerprint density at radius 3 is 1.34 bits per heavy atom. The molecule has 1 unspecified atom stereocenters. The van der Waals surface area contributed by atoms with E-state index in [1.165, 1.54) is 173 Å². The molecule has 0 rings (SSSR count). The Bertz CT molecular complexity index is 658. The molecule has 0 amide bonds. The summed E-state index contributed by atoms with van der Waals surface area (Å²) in [7, 11) is 0. The number of aliphatic hydroxyl groups is 1. The molecule has 0 aliphatic rings. The Morgan fingerprint density at radius 2 is 0.894 bits per heavy atom. The van der Waals surface area contributed by atoms with Crippen LogP contribution in [0.15, 0.2) is 24.3 Å². The highest BCUT2D eigenvalue weighted by atomic mass is 16.6. The highest BCUT2D eigenvalue weighted by Gasteiger charge is 2.13. The van der Waals surface area contributed by atoms with Gasteiger partial charge >= 0.3 is 5.97 Å². The summed E-state index contributed by atoms with van der Waals surface area (Å²) in [6.07, 6.45) is 49.4. The molecule has 47 heavy (non-hydrogen) atoms. The number of hydrogen-bond donors (Lipinski definition) is 1. The third-order valence-corrected chi connectivity index (χ3v) is 9.28. The number of carbonyl (C=O) groups is 1. The first kappa shape index (κ1) is 45.9. The van der Waals surface area contributed by atoms with Gasteiger partial charge in [-0.25, -0.2) is 0 Å². The zero-order valence-electron chi connectivity index (χ0n) is 31.8. The average Bonchev–Trinajstić information content (AvgIpc) is 3.08. The highest BCUT2D eigenvalue weighted by molar-refractivity contribution is 5.69. The van der Waals surface area contributed by atoms with E-state index in [2.05, 4.69) is 38.2 Å². The van der Waals surface area contributed by atoms with Crippen molar-refractivity contribution in [1.82, 2.24) is 0 Å². The molecule has 0 radical (unpaired) electrons. The van der Waals surface area contributed by atoms with Crippen LogP contribution in [0.25, 0.3) is 0 Å². The molecule has 0 aliphatic carbocycles. The van der Waals surface area contributed by atoms with Crippen molar-refractivity contribution in [3.8, 4) is 0 Å². The molecule has 0 aromatic rings. The van der Waals surface area contributed by atoms with Gasteiger partial charge in [0, 0.05) is 13.0 Å². The van der Waals surface area contributed by atoms with Crippen molar-refractivity contribution in [2.24, 2.45) is 0 Å². The topological polar surface area (TPSA) is 55.8 Å². The molecular weight excluding hydrogens is 580 g/mol. The van der Waals surface area contributed by atoms with E-state index < -0.39 is 6.10 Å². The van der Waals surface area contributed by atoms with Gasteiger partial charge in [-0.15, -0.1) is 0 Å². The van der Waals surface area contributed by atoms with Crippen molar-refractivity contribution in [3.63, 3.8) is 0 Å². The minimum Gasteiger partial charge on any atom is -0.457 e. The van der Waals surface area contributed by atoms with E-state index in [0.29, 0.717) is 19.6 Å². The summed E-state index contributed by atoms with van der Waals surface area (Å²) in [6, 6.07) is 0. The second-order valence-electron chi connectivity index (χ2n) is 14.1. The van der Waals surface area contributed by atoms with Crippen LogP contribution in [0.2, 0.25) is 0 Å². The summed E-state index contributed by atoms with van der Waals surface area (Å²) < 4.78 is 11.2. The molecule has 0 aromatic heterocycles. The van der Waals surface area contributed by atoms with E-state index in [-0.39, 0.29) is 12.6 Å². The lowest BCUT2D eigenvalue weighted by Crippen LogP contribution is -2.27. The van der Waals surface area contributed by atoms with Gasteiger partial charge in [0.05, 0.1) is 13.2 Å². The van der Waals surface area contributed by atoms with Crippen molar-refractivity contribution in [1.29, 1.82) is 0 Å². The normalized spacial score (nSPS) is 12.5. The Hall–Kier alpha value is -1.13. The number of allylic oxidation sites excluding steroid dienone is 4. The monoisotopic (exact) mass is 663 g/mol. The highest BCUT2D eigenvalue weighted by Crippen LogP contribution is 2.15. The first-order valence-electron chi connectivity index (χ1n) is 20.9. The van der Waals surface area contributed by atoms with Crippen LogP contribution in [0.3, 0.4) is 0 Å². The smallest absolute Gasteiger partial charge is 0.306 e. The third-order valence-electron chi connectivity index (χ3n) is 9.28. The molecule has 278 valence electrons. The largest absolute Gasteiger partial charge is 0.457 e. The Labute approximate surface area is 294 Å².